The van der Waals surface area contributed by atoms with E-state index in [4.69, 9.17) is 20.8 Å². The smallest absolute Gasteiger partial charge is 0.277 e. The minimum absolute atomic E-state index is 0.0144. The van der Waals surface area contributed by atoms with Crippen molar-refractivity contribution in [1.82, 2.24) is 15.1 Å². The second-order valence-corrected chi connectivity index (χ2v) is 8.46. The average Bonchev–Trinajstić information content (AvgIpc) is 3.29. The second kappa shape index (κ2) is 9.25. The number of ether oxygens (including phenoxy) is 1. The first-order chi connectivity index (χ1) is 13.0. The van der Waals surface area contributed by atoms with Crippen molar-refractivity contribution in [1.29, 1.82) is 0 Å². The largest absolute Gasteiger partial charge is 0.497 e. The Kier molecular flexibility index (Phi) is 6.76. The number of methoxy groups -OCH3 is 1. The normalized spacial score (nSPS) is 10.8. The summed E-state index contributed by atoms with van der Waals surface area (Å²) in [6.07, 6.45) is 0.532. The summed E-state index contributed by atoms with van der Waals surface area (Å²) >= 11 is 8.62. The molecular weight excluding hydrogens is 406 g/mol. The van der Waals surface area contributed by atoms with Gasteiger partial charge in [-0.15, -0.1) is 21.5 Å². The van der Waals surface area contributed by atoms with Crippen molar-refractivity contribution in [3.8, 4) is 5.75 Å². The van der Waals surface area contributed by atoms with Crippen LogP contribution in [-0.2, 0) is 17.8 Å². The third-order valence-corrected chi connectivity index (χ3v) is 5.75. The molecule has 0 spiro atoms. The fourth-order valence-electron chi connectivity index (χ4n) is 2.28. The zero-order chi connectivity index (χ0) is 19.2. The maximum atomic E-state index is 12.3. The summed E-state index contributed by atoms with van der Waals surface area (Å²) in [7, 11) is 3.39. The number of carbonyl (C=O) groups is 1. The lowest BCUT2D eigenvalue weighted by Gasteiger charge is -2.15. The van der Waals surface area contributed by atoms with Crippen molar-refractivity contribution in [3.63, 3.8) is 0 Å². The topological polar surface area (TPSA) is 68.5 Å². The molecule has 0 N–H and O–H groups in total. The Morgan fingerprint density at radius 2 is 2.04 bits per heavy atom. The maximum absolute atomic E-state index is 12.3. The Hall–Kier alpha value is -2.03. The van der Waals surface area contributed by atoms with Crippen LogP contribution < -0.4 is 4.74 Å². The van der Waals surface area contributed by atoms with E-state index >= 15 is 0 Å². The summed E-state index contributed by atoms with van der Waals surface area (Å²) in [5, 5.41) is 8.43. The van der Waals surface area contributed by atoms with Crippen LogP contribution in [0.5, 0.6) is 5.75 Å². The van der Waals surface area contributed by atoms with Crippen molar-refractivity contribution >= 4 is 40.6 Å². The Morgan fingerprint density at radius 3 is 2.70 bits per heavy atom. The Labute approximate surface area is 170 Å². The van der Waals surface area contributed by atoms with E-state index in [0.717, 1.165) is 20.5 Å². The van der Waals surface area contributed by atoms with Gasteiger partial charge in [0.15, 0.2) is 0 Å². The van der Waals surface area contributed by atoms with Crippen molar-refractivity contribution in [2.24, 2.45) is 0 Å². The lowest BCUT2D eigenvalue weighted by atomic mass is 10.1. The number of benzene rings is 1. The predicted molar refractivity (Wildman–Crippen MR) is 107 cm³/mol. The molecule has 27 heavy (non-hydrogen) atoms. The third-order valence-electron chi connectivity index (χ3n) is 3.73. The van der Waals surface area contributed by atoms with Gasteiger partial charge in [0, 0.05) is 11.9 Å². The Bertz CT molecular complexity index is 895. The second-order valence-electron chi connectivity index (χ2n) is 5.73. The van der Waals surface area contributed by atoms with Crippen molar-refractivity contribution in [3.05, 3.63) is 57.1 Å². The lowest BCUT2D eigenvalue weighted by molar-refractivity contribution is -0.127. The highest BCUT2D eigenvalue weighted by molar-refractivity contribution is 7.99. The first kappa shape index (κ1) is 19.7. The van der Waals surface area contributed by atoms with Gasteiger partial charge in [0.25, 0.3) is 5.22 Å². The number of hydrogen-bond donors (Lipinski definition) is 0. The fraction of sp³-hybridized carbons (Fsp3) is 0.278. The quantitative estimate of drug-likeness (QED) is 0.507. The molecule has 9 heteroatoms. The molecule has 6 nitrogen and oxygen atoms in total. The molecule has 0 atom stereocenters. The van der Waals surface area contributed by atoms with Gasteiger partial charge in [-0.1, -0.05) is 35.5 Å². The van der Waals surface area contributed by atoms with Crippen LogP contribution in [0.2, 0.25) is 4.34 Å². The molecule has 0 aliphatic heterocycles. The van der Waals surface area contributed by atoms with E-state index in [1.807, 2.05) is 36.4 Å². The van der Waals surface area contributed by atoms with Gasteiger partial charge in [0.2, 0.25) is 11.8 Å². The van der Waals surface area contributed by atoms with E-state index < -0.39 is 0 Å². The summed E-state index contributed by atoms with van der Waals surface area (Å²) in [5.74, 6) is 1.53. The van der Waals surface area contributed by atoms with Crippen molar-refractivity contribution in [2.45, 2.75) is 18.2 Å². The SMILES string of the molecule is COc1ccc(Cc2nnc(SCC(=O)N(C)Cc3ccc(Cl)s3)o2)cc1. The number of carbonyl (C=O) groups excluding carboxylic acids is 1. The van der Waals surface area contributed by atoms with E-state index in [1.54, 1.807) is 19.1 Å². The first-order valence-electron chi connectivity index (χ1n) is 8.10. The minimum Gasteiger partial charge on any atom is -0.497 e. The number of halogens is 1. The van der Waals surface area contributed by atoms with Crippen molar-refractivity contribution < 1.29 is 13.9 Å². The number of aromatic nitrogens is 2. The molecule has 0 bridgehead atoms. The molecule has 1 aromatic carbocycles. The molecule has 0 radical (unpaired) electrons. The number of rotatable bonds is 8. The number of hydrogen-bond acceptors (Lipinski definition) is 7. The molecule has 3 rings (SSSR count). The molecule has 0 fully saturated rings. The molecule has 0 aliphatic rings. The van der Waals surface area contributed by atoms with E-state index in [9.17, 15) is 4.79 Å². The van der Waals surface area contributed by atoms with Crippen LogP contribution in [0.3, 0.4) is 0 Å². The highest BCUT2D eigenvalue weighted by Crippen LogP contribution is 2.23. The lowest BCUT2D eigenvalue weighted by Crippen LogP contribution is -2.27. The van der Waals surface area contributed by atoms with Crippen LogP contribution in [0.1, 0.15) is 16.3 Å². The summed E-state index contributed by atoms with van der Waals surface area (Å²) in [5.41, 5.74) is 1.04. The number of nitrogens with zero attached hydrogens (tertiary/aromatic N) is 3. The van der Waals surface area contributed by atoms with Crippen molar-refractivity contribution in [2.75, 3.05) is 19.9 Å². The van der Waals surface area contributed by atoms with Gasteiger partial charge in [-0.25, -0.2) is 0 Å². The van der Waals surface area contributed by atoms with Crippen LogP contribution in [-0.4, -0.2) is 40.9 Å². The molecular formula is C18H18ClN3O3S2. The van der Waals surface area contributed by atoms with Crippen LogP contribution in [0.15, 0.2) is 46.0 Å². The molecule has 0 saturated carbocycles. The van der Waals surface area contributed by atoms with Gasteiger partial charge in [-0.2, -0.15) is 0 Å². The van der Waals surface area contributed by atoms with Crippen LogP contribution in [0.4, 0.5) is 0 Å². The molecule has 2 aromatic heterocycles. The number of amides is 1. The van der Waals surface area contributed by atoms with Gasteiger partial charge < -0.3 is 14.1 Å². The molecule has 0 unspecified atom stereocenters. The Balaban J connectivity index is 1.48. The monoisotopic (exact) mass is 423 g/mol. The summed E-state index contributed by atoms with van der Waals surface area (Å²) in [6.45, 7) is 0.531. The summed E-state index contributed by atoms with van der Waals surface area (Å²) < 4.78 is 11.5. The fourth-order valence-corrected chi connectivity index (χ4v) is 4.14. The van der Waals surface area contributed by atoms with Crippen LogP contribution in [0, 0.1) is 0 Å². The summed E-state index contributed by atoms with van der Waals surface area (Å²) in [4.78, 5) is 15.0. The van der Waals surface area contributed by atoms with Crippen LogP contribution in [0.25, 0.3) is 0 Å². The van der Waals surface area contributed by atoms with Gasteiger partial charge in [-0.05, 0) is 29.8 Å². The van der Waals surface area contributed by atoms with E-state index in [-0.39, 0.29) is 11.7 Å². The zero-order valence-corrected chi connectivity index (χ0v) is 17.2. The van der Waals surface area contributed by atoms with Crippen LogP contribution >= 0.6 is 34.7 Å². The average molecular weight is 424 g/mol. The molecule has 0 aliphatic carbocycles. The van der Waals surface area contributed by atoms with E-state index in [2.05, 4.69) is 10.2 Å². The maximum Gasteiger partial charge on any atom is 0.277 e. The first-order valence-corrected chi connectivity index (χ1v) is 10.3. The predicted octanol–water partition coefficient (Wildman–Crippen LogP) is 4.13. The third kappa shape index (κ3) is 5.72. The minimum atomic E-state index is -0.0144. The molecule has 3 aromatic rings. The van der Waals surface area contributed by atoms with Gasteiger partial charge in [-0.3, -0.25) is 4.79 Å². The summed E-state index contributed by atoms with van der Waals surface area (Å²) in [6, 6.07) is 11.4. The Morgan fingerprint density at radius 1 is 1.26 bits per heavy atom. The van der Waals surface area contributed by atoms with Gasteiger partial charge in [0.1, 0.15) is 5.75 Å². The molecule has 2 heterocycles. The van der Waals surface area contributed by atoms with E-state index in [0.29, 0.717) is 24.1 Å². The molecule has 142 valence electrons. The number of thiophene rings is 1. The van der Waals surface area contributed by atoms with Gasteiger partial charge >= 0.3 is 0 Å². The zero-order valence-electron chi connectivity index (χ0n) is 14.8. The highest BCUT2D eigenvalue weighted by atomic mass is 35.5. The van der Waals surface area contributed by atoms with E-state index in [1.165, 1.54) is 23.1 Å². The molecule has 1 amide bonds. The standard InChI is InChI=1S/C18H18ClN3O3S2/c1-22(10-14-7-8-15(19)27-14)17(23)11-26-18-21-20-16(25-18)9-12-3-5-13(24-2)6-4-12/h3-8H,9-11H2,1-2H3. The van der Waals surface area contributed by atoms with Gasteiger partial charge in [0.05, 0.1) is 30.2 Å². The highest BCUT2D eigenvalue weighted by Gasteiger charge is 2.14. The number of thioether (sulfide) groups is 1. The molecule has 0 saturated heterocycles.